The molecule has 0 spiro atoms. The number of nitrogens with zero attached hydrogens (tertiary/aromatic N) is 1. The fraction of sp³-hybridized carbons (Fsp3) is 0.0588. The molecule has 2 aromatic carbocycles. The molecule has 0 fully saturated rings. The second-order valence-corrected chi connectivity index (χ2v) is 5.61. The normalized spacial score (nSPS) is 10.8. The molecule has 0 unspecified atom stereocenters. The first kappa shape index (κ1) is 16.1. The van der Waals surface area contributed by atoms with Gasteiger partial charge in [0.1, 0.15) is 11.6 Å². The number of anilines is 1. The highest BCUT2D eigenvalue weighted by molar-refractivity contribution is 6.31. The number of nitrogens with one attached hydrogen (secondary N) is 1. The summed E-state index contributed by atoms with van der Waals surface area (Å²) < 4.78 is 28.0. The van der Waals surface area contributed by atoms with Crippen LogP contribution < -0.4 is 5.32 Å². The Labute approximate surface area is 140 Å². The minimum absolute atomic E-state index is 0.159. The number of aromatic nitrogens is 1. The van der Waals surface area contributed by atoms with Crippen LogP contribution in [-0.4, -0.2) is 16.4 Å². The third kappa shape index (κ3) is 2.88. The van der Waals surface area contributed by atoms with Gasteiger partial charge in [-0.3, -0.25) is 14.2 Å². The molecule has 0 atom stereocenters. The molecule has 0 bridgehead atoms. The van der Waals surface area contributed by atoms with Gasteiger partial charge in [-0.1, -0.05) is 11.6 Å². The Kier molecular flexibility index (Phi) is 4.07. The largest absolute Gasteiger partial charge is 0.319 e. The van der Waals surface area contributed by atoms with Gasteiger partial charge < -0.3 is 5.32 Å². The van der Waals surface area contributed by atoms with Gasteiger partial charge in [0.25, 0.3) is 5.91 Å². The Morgan fingerprint density at radius 3 is 2.54 bits per heavy atom. The first-order valence-corrected chi connectivity index (χ1v) is 7.32. The molecule has 4 nitrogen and oxygen atoms in total. The van der Waals surface area contributed by atoms with E-state index in [4.69, 9.17) is 11.6 Å². The summed E-state index contributed by atoms with van der Waals surface area (Å²) in [5.41, 5.74) is 0.509. The summed E-state index contributed by atoms with van der Waals surface area (Å²) >= 11 is 5.96. The average Bonchev–Trinajstić information content (AvgIpc) is 2.89. The van der Waals surface area contributed by atoms with Crippen molar-refractivity contribution < 1.29 is 18.4 Å². The molecule has 1 amide bonds. The third-order valence-electron chi connectivity index (χ3n) is 3.53. The van der Waals surface area contributed by atoms with E-state index in [1.807, 2.05) is 0 Å². The zero-order valence-corrected chi connectivity index (χ0v) is 13.2. The van der Waals surface area contributed by atoms with E-state index in [9.17, 15) is 18.4 Å². The van der Waals surface area contributed by atoms with Crippen molar-refractivity contribution in [2.45, 2.75) is 6.92 Å². The van der Waals surface area contributed by atoms with Gasteiger partial charge in [0.15, 0.2) is 0 Å². The van der Waals surface area contributed by atoms with E-state index in [1.54, 1.807) is 18.2 Å². The molecule has 0 aliphatic carbocycles. The molecular weight excluding hydrogens is 338 g/mol. The highest BCUT2D eigenvalue weighted by atomic mass is 35.5. The minimum Gasteiger partial charge on any atom is -0.319 e. The van der Waals surface area contributed by atoms with Crippen molar-refractivity contribution in [2.24, 2.45) is 0 Å². The number of hydrogen-bond donors (Lipinski definition) is 1. The van der Waals surface area contributed by atoms with Crippen LogP contribution in [0.2, 0.25) is 5.02 Å². The van der Waals surface area contributed by atoms with Crippen LogP contribution in [0, 0.1) is 11.6 Å². The van der Waals surface area contributed by atoms with Gasteiger partial charge in [-0.15, -0.1) is 0 Å². The number of rotatable bonds is 2. The summed E-state index contributed by atoms with van der Waals surface area (Å²) in [6.45, 7) is 1.36. The number of amides is 1. The van der Waals surface area contributed by atoms with Crippen molar-refractivity contribution in [3.05, 3.63) is 64.8 Å². The molecular formula is C17H11ClF2N2O2. The Hall–Kier alpha value is -2.73. The zero-order chi connectivity index (χ0) is 17.4. The van der Waals surface area contributed by atoms with Crippen molar-refractivity contribution in [3.8, 4) is 0 Å². The van der Waals surface area contributed by atoms with Crippen LogP contribution in [0.4, 0.5) is 14.5 Å². The molecule has 3 aromatic rings. The minimum atomic E-state index is -0.892. The predicted molar refractivity (Wildman–Crippen MR) is 87.6 cm³/mol. The molecule has 24 heavy (non-hydrogen) atoms. The van der Waals surface area contributed by atoms with Crippen molar-refractivity contribution in [1.82, 2.24) is 4.57 Å². The van der Waals surface area contributed by atoms with Gasteiger partial charge >= 0.3 is 0 Å². The second-order valence-electron chi connectivity index (χ2n) is 5.17. The van der Waals surface area contributed by atoms with E-state index in [-0.39, 0.29) is 17.2 Å². The van der Waals surface area contributed by atoms with Crippen molar-refractivity contribution in [1.29, 1.82) is 0 Å². The third-order valence-corrected chi connectivity index (χ3v) is 3.76. The maximum atomic E-state index is 13.7. The molecule has 0 radical (unpaired) electrons. The quantitative estimate of drug-likeness (QED) is 0.742. The summed E-state index contributed by atoms with van der Waals surface area (Å²) in [6, 6.07) is 7.60. The van der Waals surface area contributed by atoms with Gasteiger partial charge in [0, 0.05) is 29.6 Å². The lowest BCUT2D eigenvalue weighted by Gasteiger charge is -2.05. The van der Waals surface area contributed by atoms with Crippen molar-refractivity contribution in [3.63, 3.8) is 0 Å². The highest BCUT2D eigenvalue weighted by Crippen LogP contribution is 2.26. The van der Waals surface area contributed by atoms with Crippen LogP contribution in [0.15, 0.2) is 42.6 Å². The Bertz CT molecular complexity index is 982. The van der Waals surface area contributed by atoms with Crippen molar-refractivity contribution >= 4 is 40.0 Å². The lowest BCUT2D eigenvalue weighted by molar-refractivity contribution is 0.0941. The maximum Gasteiger partial charge on any atom is 0.257 e. The molecule has 1 N–H and O–H groups in total. The van der Waals surface area contributed by atoms with Crippen LogP contribution in [0.3, 0.4) is 0 Å². The van der Waals surface area contributed by atoms with E-state index in [0.717, 1.165) is 12.1 Å². The number of fused-ring (bicyclic) bond motifs is 1. The molecule has 7 heteroatoms. The maximum absolute atomic E-state index is 13.7. The summed E-state index contributed by atoms with van der Waals surface area (Å²) in [6.07, 6.45) is 1.36. The highest BCUT2D eigenvalue weighted by Gasteiger charge is 2.18. The number of halogens is 3. The van der Waals surface area contributed by atoms with Crippen LogP contribution >= 0.6 is 11.6 Å². The number of carbonyl (C=O) groups excluding carboxylic acids is 2. The molecule has 122 valence electrons. The Balaban J connectivity index is 2.06. The lowest BCUT2D eigenvalue weighted by atomic mass is 10.1. The summed E-state index contributed by atoms with van der Waals surface area (Å²) in [5, 5.41) is 3.22. The van der Waals surface area contributed by atoms with Gasteiger partial charge in [-0.05, 0) is 30.3 Å². The molecule has 0 saturated carbocycles. The van der Waals surface area contributed by atoms with Crippen molar-refractivity contribution in [2.75, 3.05) is 5.32 Å². The van der Waals surface area contributed by atoms with E-state index in [1.165, 1.54) is 17.7 Å². The van der Waals surface area contributed by atoms with Gasteiger partial charge in [0.05, 0.1) is 16.8 Å². The molecule has 0 aliphatic heterocycles. The fourth-order valence-electron chi connectivity index (χ4n) is 2.42. The van der Waals surface area contributed by atoms with Crippen LogP contribution in [-0.2, 0) is 0 Å². The SMILES string of the molecule is CC(=O)n1cc(C(=O)Nc2ccc(F)cc2F)c2cc(Cl)ccc21. The van der Waals surface area contributed by atoms with E-state index in [2.05, 4.69) is 5.32 Å². The smallest absolute Gasteiger partial charge is 0.257 e. The van der Waals surface area contributed by atoms with E-state index >= 15 is 0 Å². The van der Waals surface area contributed by atoms with Gasteiger partial charge in [-0.25, -0.2) is 8.78 Å². The first-order chi connectivity index (χ1) is 11.4. The average molecular weight is 349 g/mol. The van der Waals surface area contributed by atoms with Crippen LogP contribution in [0.25, 0.3) is 10.9 Å². The molecule has 1 aromatic heterocycles. The predicted octanol–water partition coefficient (Wildman–Crippen LogP) is 4.49. The number of benzene rings is 2. The van der Waals surface area contributed by atoms with E-state index in [0.29, 0.717) is 22.0 Å². The summed E-state index contributed by atoms with van der Waals surface area (Å²) in [4.78, 5) is 24.2. The Morgan fingerprint density at radius 1 is 1.12 bits per heavy atom. The van der Waals surface area contributed by atoms with Crippen LogP contribution in [0.1, 0.15) is 22.1 Å². The zero-order valence-electron chi connectivity index (χ0n) is 12.4. The Morgan fingerprint density at radius 2 is 1.88 bits per heavy atom. The van der Waals surface area contributed by atoms with Gasteiger partial charge in [0.2, 0.25) is 5.91 Å². The fourth-order valence-corrected chi connectivity index (χ4v) is 2.60. The van der Waals surface area contributed by atoms with Crippen LogP contribution in [0.5, 0.6) is 0 Å². The summed E-state index contributed by atoms with van der Waals surface area (Å²) in [5.74, 6) is -2.55. The van der Waals surface area contributed by atoms with Gasteiger partial charge in [-0.2, -0.15) is 0 Å². The number of hydrogen-bond acceptors (Lipinski definition) is 2. The molecule has 1 heterocycles. The first-order valence-electron chi connectivity index (χ1n) is 6.95. The molecule has 3 rings (SSSR count). The topological polar surface area (TPSA) is 51.1 Å². The monoisotopic (exact) mass is 348 g/mol. The standard InChI is InChI=1S/C17H11ClF2N2O2/c1-9(23)22-8-13(12-6-10(18)2-5-16(12)22)17(24)21-15-4-3-11(19)7-14(15)20/h2-8H,1H3,(H,21,24). The lowest BCUT2D eigenvalue weighted by Crippen LogP contribution is -2.13. The molecule has 0 saturated heterocycles. The molecule has 0 aliphatic rings. The van der Waals surface area contributed by atoms with E-state index < -0.39 is 17.5 Å². The second kappa shape index (κ2) is 6.05. The number of carbonyl (C=O) groups is 2. The summed E-state index contributed by atoms with van der Waals surface area (Å²) in [7, 11) is 0.